The topological polar surface area (TPSA) is 86.2 Å². The molecule has 0 spiro atoms. The molecule has 11 heteroatoms. The van der Waals surface area contributed by atoms with Gasteiger partial charge < -0.3 is 19.4 Å². The van der Waals surface area contributed by atoms with Crippen LogP contribution in [0.3, 0.4) is 0 Å². The lowest BCUT2D eigenvalue weighted by molar-refractivity contribution is 0.122. The average Bonchev–Trinajstić information content (AvgIpc) is 3.45. The fourth-order valence-corrected chi connectivity index (χ4v) is 6.62. The third-order valence-corrected chi connectivity index (χ3v) is 8.69. The van der Waals surface area contributed by atoms with Crippen LogP contribution in [0.5, 0.6) is 0 Å². The molecule has 0 bridgehead atoms. The first-order valence-corrected chi connectivity index (χ1v) is 13.7. The Labute approximate surface area is 209 Å². The van der Waals surface area contributed by atoms with Gasteiger partial charge in [0.05, 0.1) is 30.0 Å². The summed E-state index contributed by atoms with van der Waals surface area (Å²) in [6, 6.07) is 4.58. The largest absolute Gasteiger partial charge is 0.378 e. The van der Waals surface area contributed by atoms with Crippen molar-refractivity contribution in [2.24, 2.45) is 15.0 Å². The highest BCUT2D eigenvalue weighted by atomic mass is 32.2. The summed E-state index contributed by atoms with van der Waals surface area (Å²) in [5.41, 5.74) is 1.99. The number of nitrogens with zero attached hydrogens (tertiary/aromatic N) is 9. The molecule has 10 nitrogen and oxygen atoms in total. The lowest BCUT2D eigenvalue weighted by atomic mass is 9.98. The van der Waals surface area contributed by atoms with E-state index >= 15 is 0 Å². The highest BCUT2D eigenvalue weighted by Gasteiger charge is 2.40. The van der Waals surface area contributed by atoms with Gasteiger partial charge in [-0.2, -0.15) is 9.61 Å². The SMILES string of the molecule is CC1=NC2C(N3CCCCC3c3cc4nc(N5CCC5)cc(N5CCOCC5)n4n3)=NC=NC2S1. The van der Waals surface area contributed by atoms with Crippen molar-refractivity contribution >= 4 is 46.3 Å². The molecule has 5 aliphatic heterocycles. The van der Waals surface area contributed by atoms with Crippen molar-refractivity contribution < 1.29 is 4.74 Å². The van der Waals surface area contributed by atoms with Crippen LogP contribution in [-0.2, 0) is 4.74 Å². The van der Waals surface area contributed by atoms with Crippen LogP contribution in [0, 0.1) is 0 Å². The van der Waals surface area contributed by atoms with Crippen LogP contribution in [0.2, 0.25) is 0 Å². The molecular weight excluding hydrogens is 462 g/mol. The summed E-state index contributed by atoms with van der Waals surface area (Å²) in [6.45, 7) is 8.42. The minimum Gasteiger partial charge on any atom is -0.378 e. The molecule has 0 N–H and O–H groups in total. The van der Waals surface area contributed by atoms with E-state index in [0.717, 1.165) is 92.6 Å². The number of ether oxygens (including phenoxy) is 1. The van der Waals surface area contributed by atoms with E-state index in [0.29, 0.717) is 0 Å². The first-order chi connectivity index (χ1) is 17.2. The lowest BCUT2D eigenvalue weighted by Gasteiger charge is -2.39. The number of thioether (sulfide) groups is 1. The Balaban J connectivity index is 1.28. The first-order valence-electron chi connectivity index (χ1n) is 12.8. The van der Waals surface area contributed by atoms with E-state index in [9.17, 15) is 0 Å². The van der Waals surface area contributed by atoms with Gasteiger partial charge in [-0.15, -0.1) is 0 Å². The minimum atomic E-state index is 0.00249. The third kappa shape index (κ3) is 3.79. The molecule has 184 valence electrons. The number of rotatable bonds is 3. The van der Waals surface area contributed by atoms with Crippen molar-refractivity contribution in [3.05, 3.63) is 17.8 Å². The number of fused-ring (bicyclic) bond motifs is 2. The quantitative estimate of drug-likeness (QED) is 0.650. The second kappa shape index (κ2) is 8.77. The smallest absolute Gasteiger partial charge is 0.160 e. The molecule has 35 heavy (non-hydrogen) atoms. The van der Waals surface area contributed by atoms with Crippen molar-refractivity contribution in [3.8, 4) is 0 Å². The summed E-state index contributed by atoms with van der Waals surface area (Å²) in [6.07, 6.45) is 6.35. The standard InChI is InChI=1S/C24H31N9OS/c1-16-27-22-23(25-15-26-24(22)35-16)32-8-3-2-5-18(32)17-13-20-28-19(30-6-4-7-30)14-21(33(20)29-17)31-9-11-34-12-10-31/h13-15,18,22,24H,2-12H2,1H3. The number of anilines is 2. The van der Waals surface area contributed by atoms with Gasteiger partial charge in [0, 0.05) is 44.9 Å². The zero-order chi connectivity index (χ0) is 23.4. The molecule has 0 amide bonds. The average molecular weight is 494 g/mol. The Kier molecular flexibility index (Phi) is 5.42. The van der Waals surface area contributed by atoms with E-state index < -0.39 is 0 Å². The summed E-state index contributed by atoms with van der Waals surface area (Å²) in [5.74, 6) is 3.21. The fraction of sp³-hybridized carbons (Fsp3) is 0.625. The number of amidine groups is 1. The van der Waals surface area contributed by atoms with E-state index in [-0.39, 0.29) is 17.5 Å². The van der Waals surface area contributed by atoms with Crippen molar-refractivity contribution in [2.75, 3.05) is 55.7 Å². The van der Waals surface area contributed by atoms with Gasteiger partial charge in [-0.05, 0) is 32.6 Å². The predicted octanol–water partition coefficient (Wildman–Crippen LogP) is 2.60. The van der Waals surface area contributed by atoms with Crippen molar-refractivity contribution in [2.45, 2.75) is 50.1 Å². The number of hydrogen-bond acceptors (Lipinski definition) is 10. The highest BCUT2D eigenvalue weighted by molar-refractivity contribution is 8.14. The normalized spacial score (nSPS) is 28.7. The maximum absolute atomic E-state index is 5.63. The predicted molar refractivity (Wildman–Crippen MR) is 140 cm³/mol. The number of piperidine rings is 1. The molecule has 3 atom stereocenters. The van der Waals surface area contributed by atoms with Gasteiger partial charge in [0.25, 0.3) is 0 Å². The Bertz CT molecular complexity index is 1210. The van der Waals surface area contributed by atoms with Gasteiger partial charge in [-0.1, -0.05) is 11.8 Å². The molecule has 7 heterocycles. The molecule has 0 aliphatic carbocycles. The molecule has 0 aromatic carbocycles. The van der Waals surface area contributed by atoms with Crippen LogP contribution < -0.4 is 9.80 Å². The number of morpholine rings is 1. The van der Waals surface area contributed by atoms with E-state index in [4.69, 9.17) is 24.8 Å². The van der Waals surface area contributed by atoms with E-state index in [1.807, 2.05) is 0 Å². The van der Waals surface area contributed by atoms with Gasteiger partial charge >= 0.3 is 0 Å². The Morgan fingerprint density at radius 1 is 1.00 bits per heavy atom. The summed E-state index contributed by atoms with van der Waals surface area (Å²) in [4.78, 5) is 26.5. The zero-order valence-electron chi connectivity index (χ0n) is 20.1. The summed E-state index contributed by atoms with van der Waals surface area (Å²) < 4.78 is 7.68. The molecule has 2 aromatic heterocycles. The molecule has 0 saturated carbocycles. The Morgan fingerprint density at radius 2 is 1.89 bits per heavy atom. The van der Waals surface area contributed by atoms with Gasteiger partial charge in [0.15, 0.2) is 5.65 Å². The van der Waals surface area contributed by atoms with E-state index in [1.165, 1.54) is 12.8 Å². The zero-order valence-corrected chi connectivity index (χ0v) is 20.9. The molecule has 5 aliphatic rings. The molecule has 0 radical (unpaired) electrons. The maximum atomic E-state index is 5.63. The van der Waals surface area contributed by atoms with E-state index in [2.05, 4.69) is 43.3 Å². The molecule has 7 rings (SSSR count). The van der Waals surface area contributed by atoms with E-state index in [1.54, 1.807) is 18.1 Å². The second-order valence-corrected chi connectivity index (χ2v) is 11.1. The van der Waals surface area contributed by atoms with Crippen molar-refractivity contribution in [1.82, 2.24) is 19.5 Å². The number of likely N-dealkylation sites (tertiary alicyclic amines) is 1. The Morgan fingerprint density at radius 3 is 2.71 bits per heavy atom. The fourth-order valence-electron chi connectivity index (χ4n) is 5.67. The molecule has 3 fully saturated rings. The molecule has 2 aromatic rings. The van der Waals surface area contributed by atoms with Crippen LogP contribution in [0.15, 0.2) is 27.1 Å². The first kappa shape index (κ1) is 21.6. The van der Waals surface area contributed by atoms with Gasteiger partial charge in [-0.25, -0.2) is 9.98 Å². The van der Waals surface area contributed by atoms with Crippen LogP contribution in [0.4, 0.5) is 11.6 Å². The van der Waals surface area contributed by atoms with Crippen LogP contribution in [0.1, 0.15) is 44.3 Å². The van der Waals surface area contributed by atoms with Crippen molar-refractivity contribution in [3.63, 3.8) is 0 Å². The van der Waals surface area contributed by atoms with Crippen LogP contribution in [0.25, 0.3) is 5.65 Å². The van der Waals surface area contributed by atoms with Crippen molar-refractivity contribution in [1.29, 1.82) is 0 Å². The molecule has 3 unspecified atom stereocenters. The minimum absolute atomic E-state index is 0.00249. The second-order valence-electron chi connectivity index (χ2n) is 9.81. The summed E-state index contributed by atoms with van der Waals surface area (Å²) in [7, 11) is 0. The van der Waals surface area contributed by atoms with Gasteiger partial charge in [0.1, 0.15) is 35.2 Å². The maximum Gasteiger partial charge on any atom is 0.160 e. The van der Waals surface area contributed by atoms with Crippen LogP contribution in [-0.4, -0.2) is 94.1 Å². The number of aliphatic imine (C=N–C) groups is 3. The van der Waals surface area contributed by atoms with Gasteiger partial charge in [-0.3, -0.25) is 9.98 Å². The monoisotopic (exact) mass is 493 g/mol. The van der Waals surface area contributed by atoms with Crippen LogP contribution >= 0.6 is 11.8 Å². The Hall–Kier alpha value is -2.66. The number of aromatic nitrogens is 3. The lowest BCUT2D eigenvalue weighted by Crippen LogP contribution is -2.47. The van der Waals surface area contributed by atoms with Gasteiger partial charge in [0.2, 0.25) is 0 Å². The molecular formula is C24H31N9OS. The number of hydrogen-bond donors (Lipinski definition) is 0. The summed E-state index contributed by atoms with van der Waals surface area (Å²) in [5, 5.41) is 6.38. The summed E-state index contributed by atoms with van der Waals surface area (Å²) >= 11 is 1.74. The highest BCUT2D eigenvalue weighted by Crippen LogP contribution is 2.37. The third-order valence-electron chi connectivity index (χ3n) is 7.62. The molecule has 3 saturated heterocycles.